The van der Waals surface area contributed by atoms with Gasteiger partial charge in [0.05, 0.1) is 5.56 Å². The molecule has 0 heterocycles. The monoisotopic (exact) mass is 418 g/mol. The molecule has 0 radical (unpaired) electrons. The lowest BCUT2D eigenvalue weighted by atomic mass is 9.91. The molecular formula is C26H27FN2O2. The SMILES string of the molecule is CC(C)C(NC(=O)c1ccccc1F)C(=O)NCC(c1ccccc1)c1ccccc1. The van der Waals surface area contributed by atoms with Gasteiger partial charge in [-0.05, 0) is 29.2 Å². The highest BCUT2D eigenvalue weighted by atomic mass is 19.1. The molecule has 1 unspecified atom stereocenters. The van der Waals surface area contributed by atoms with E-state index in [2.05, 4.69) is 10.6 Å². The average Bonchev–Trinajstić information content (AvgIpc) is 2.79. The fourth-order valence-electron chi connectivity index (χ4n) is 3.51. The Morgan fingerprint density at radius 2 is 1.32 bits per heavy atom. The molecule has 0 aliphatic carbocycles. The highest BCUT2D eigenvalue weighted by Crippen LogP contribution is 2.23. The van der Waals surface area contributed by atoms with E-state index in [0.717, 1.165) is 11.1 Å². The molecule has 0 aliphatic heterocycles. The van der Waals surface area contributed by atoms with Crippen LogP contribution < -0.4 is 10.6 Å². The van der Waals surface area contributed by atoms with E-state index in [9.17, 15) is 14.0 Å². The molecule has 3 aromatic carbocycles. The Morgan fingerprint density at radius 3 is 1.84 bits per heavy atom. The molecule has 31 heavy (non-hydrogen) atoms. The van der Waals surface area contributed by atoms with Gasteiger partial charge in [0.1, 0.15) is 11.9 Å². The van der Waals surface area contributed by atoms with E-state index in [1.165, 1.54) is 18.2 Å². The van der Waals surface area contributed by atoms with Crippen LogP contribution in [0.4, 0.5) is 4.39 Å². The van der Waals surface area contributed by atoms with Crippen molar-refractivity contribution >= 4 is 11.8 Å². The van der Waals surface area contributed by atoms with Gasteiger partial charge in [0, 0.05) is 12.5 Å². The number of carbonyl (C=O) groups is 2. The predicted molar refractivity (Wildman–Crippen MR) is 120 cm³/mol. The van der Waals surface area contributed by atoms with Crippen LogP contribution in [0.25, 0.3) is 0 Å². The topological polar surface area (TPSA) is 58.2 Å². The van der Waals surface area contributed by atoms with Crippen LogP contribution in [0.5, 0.6) is 0 Å². The largest absolute Gasteiger partial charge is 0.353 e. The van der Waals surface area contributed by atoms with E-state index in [1.54, 1.807) is 6.07 Å². The number of benzene rings is 3. The Hall–Kier alpha value is -3.47. The van der Waals surface area contributed by atoms with Gasteiger partial charge in [0.15, 0.2) is 0 Å². The van der Waals surface area contributed by atoms with Gasteiger partial charge in [-0.25, -0.2) is 4.39 Å². The van der Waals surface area contributed by atoms with Gasteiger partial charge in [-0.3, -0.25) is 9.59 Å². The average molecular weight is 419 g/mol. The Kier molecular flexibility index (Phi) is 7.55. The molecular weight excluding hydrogens is 391 g/mol. The zero-order valence-corrected chi connectivity index (χ0v) is 17.7. The van der Waals surface area contributed by atoms with Crippen LogP contribution in [-0.2, 0) is 4.79 Å². The molecule has 0 aromatic heterocycles. The van der Waals surface area contributed by atoms with Gasteiger partial charge >= 0.3 is 0 Å². The maximum Gasteiger partial charge on any atom is 0.254 e. The lowest BCUT2D eigenvalue weighted by molar-refractivity contribution is -0.123. The second kappa shape index (κ2) is 10.5. The van der Waals surface area contributed by atoms with Crippen molar-refractivity contribution in [2.24, 2.45) is 5.92 Å². The first-order valence-corrected chi connectivity index (χ1v) is 10.4. The summed E-state index contributed by atoms with van der Waals surface area (Å²) in [6, 6.07) is 24.9. The number of halogens is 1. The van der Waals surface area contributed by atoms with Crippen LogP contribution in [-0.4, -0.2) is 24.4 Å². The number of hydrogen-bond donors (Lipinski definition) is 2. The summed E-state index contributed by atoms with van der Waals surface area (Å²) in [5.74, 6) is -1.70. The second-order valence-corrected chi connectivity index (χ2v) is 7.79. The summed E-state index contributed by atoms with van der Waals surface area (Å²) in [5.41, 5.74) is 2.10. The zero-order valence-electron chi connectivity index (χ0n) is 17.7. The smallest absolute Gasteiger partial charge is 0.254 e. The highest BCUT2D eigenvalue weighted by molar-refractivity contribution is 5.97. The van der Waals surface area contributed by atoms with Gasteiger partial charge in [-0.1, -0.05) is 86.6 Å². The zero-order chi connectivity index (χ0) is 22.2. The fraction of sp³-hybridized carbons (Fsp3) is 0.231. The van der Waals surface area contributed by atoms with Crippen molar-refractivity contribution in [3.63, 3.8) is 0 Å². The number of amides is 2. The molecule has 2 amide bonds. The van der Waals surface area contributed by atoms with Crippen LogP contribution in [0, 0.1) is 11.7 Å². The van der Waals surface area contributed by atoms with Crippen molar-refractivity contribution in [3.8, 4) is 0 Å². The predicted octanol–water partition coefficient (Wildman–Crippen LogP) is 4.53. The van der Waals surface area contributed by atoms with E-state index >= 15 is 0 Å². The lowest BCUT2D eigenvalue weighted by Gasteiger charge is -2.24. The van der Waals surface area contributed by atoms with Gasteiger partial charge in [0.25, 0.3) is 5.91 Å². The highest BCUT2D eigenvalue weighted by Gasteiger charge is 2.26. The maximum atomic E-state index is 14.0. The summed E-state index contributed by atoms with van der Waals surface area (Å²) in [6.07, 6.45) is 0. The number of nitrogens with one attached hydrogen (secondary N) is 2. The third-order valence-corrected chi connectivity index (χ3v) is 5.24. The van der Waals surface area contributed by atoms with Crippen molar-refractivity contribution in [2.75, 3.05) is 6.54 Å². The number of hydrogen-bond acceptors (Lipinski definition) is 2. The molecule has 0 bridgehead atoms. The van der Waals surface area contributed by atoms with Crippen LogP contribution in [0.2, 0.25) is 0 Å². The molecule has 1 atom stereocenters. The molecule has 2 N–H and O–H groups in total. The first-order chi connectivity index (χ1) is 15.0. The van der Waals surface area contributed by atoms with Gasteiger partial charge in [-0.15, -0.1) is 0 Å². The first-order valence-electron chi connectivity index (χ1n) is 10.4. The summed E-state index contributed by atoms with van der Waals surface area (Å²) in [6.45, 7) is 4.07. The Labute approximate surface area is 182 Å². The van der Waals surface area contributed by atoms with Crippen molar-refractivity contribution in [3.05, 3.63) is 107 Å². The van der Waals surface area contributed by atoms with E-state index in [1.807, 2.05) is 74.5 Å². The summed E-state index contributed by atoms with van der Waals surface area (Å²) in [5, 5.41) is 5.67. The Bertz CT molecular complexity index is 967. The second-order valence-electron chi connectivity index (χ2n) is 7.79. The standard InChI is InChI=1S/C26H27FN2O2/c1-18(2)24(29-25(30)21-15-9-10-16-23(21)27)26(31)28-17-22(19-11-5-3-6-12-19)20-13-7-4-8-14-20/h3-16,18,22,24H,17H2,1-2H3,(H,28,31)(H,29,30). The molecule has 0 spiro atoms. The summed E-state index contributed by atoms with van der Waals surface area (Å²) < 4.78 is 14.0. The summed E-state index contributed by atoms with van der Waals surface area (Å²) in [7, 11) is 0. The van der Waals surface area contributed by atoms with E-state index in [0.29, 0.717) is 6.54 Å². The number of rotatable bonds is 8. The molecule has 3 rings (SSSR count). The summed E-state index contributed by atoms with van der Waals surface area (Å²) in [4.78, 5) is 25.5. The molecule has 0 saturated heterocycles. The van der Waals surface area contributed by atoms with Crippen molar-refractivity contribution in [2.45, 2.75) is 25.8 Å². The summed E-state index contributed by atoms with van der Waals surface area (Å²) >= 11 is 0. The minimum atomic E-state index is -0.778. The minimum Gasteiger partial charge on any atom is -0.353 e. The van der Waals surface area contributed by atoms with Crippen LogP contribution in [0.1, 0.15) is 41.3 Å². The van der Waals surface area contributed by atoms with Crippen LogP contribution >= 0.6 is 0 Å². The molecule has 5 heteroatoms. The molecule has 0 fully saturated rings. The lowest BCUT2D eigenvalue weighted by Crippen LogP contribution is -2.50. The molecule has 3 aromatic rings. The fourth-order valence-corrected chi connectivity index (χ4v) is 3.51. The van der Waals surface area contributed by atoms with E-state index in [4.69, 9.17) is 0 Å². The van der Waals surface area contributed by atoms with Crippen molar-refractivity contribution in [1.29, 1.82) is 0 Å². The molecule has 0 saturated carbocycles. The minimum absolute atomic E-state index is 0.0265. The van der Waals surface area contributed by atoms with Crippen LogP contribution in [0.15, 0.2) is 84.9 Å². The van der Waals surface area contributed by atoms with Gasteiger partial charge < -0.3 is 10.6 Å². The maximum absolute atomic E-state index is 14.0. The van der Waals surface area contributed by atoms with Gasteiger partial charge in [0.2, 0.25) is 5.91 Å². The normalized spacial score (nSPS) is 11.9. The molecule has 160 valence electrons. The van der Waals surface area contributed by atoms with E-state index in [-0.39, 0.29) is 23.3 Å². The quantitative estimate of drug-likeness (QED) is 0.565. The van der Waals surface area contributed by atoms with Crippen molar-refractivity contribution < 1.29 is 14.0 Å². The molecule has 4 nitrogen and oxygen atoms in total. The van der Waals surface area contributed by atoms with Crippen LogP contribution in [0.3, 0.4) is 0 Å². The van der Waals surface area contributed by atoms with Crippen molar-refractivity contribution in [1.82, 2.24) is 10.6 Å². The van der Waals surface area contributed by atoms with E-state index < -0.39 is 17.8 Å². The molecule has 0 aliphatic rings. The first kappa shape index (κ1) is 22.2. The number of carbonyl (C=O) groups excluding carboxylic acids is 2. The Morgan fingerprint density at radius 1 is 0.806 bits per heavy atom. The Balaban J connectivity index is 1.73. The third kappa shape index (κ3) is 5.79. The van der Waals surface area contributed by atoms with Gasteiger partial charge in [-0.2, -0.15) is 0 Å². The third-order valence-electron chi connectivity index (χ3n) is 5.24.